The first-order chi connectivity index (χ1) is 16.3. The Balaban J connectivity index is 1.60. The lowest BCUT2D eigenvalue weighted by Crippen LogP contribution is -2.28. The maximum Gasteiger partial charge on any atom is 0.271 e. The van der Waals surface area contributed by atoms with Gasteiger partial charge in [0.05, 0.1) is 21.3 Å². The number of halogens is 1. The lowest BCUT2D eigenvalue weighted by molar-refractivity contribution is -0.113. The highest BCUT2D eigenvalue weighted by Crippen LogP contribution is 2.41. The van der Waals surface area contributed by atoms with Crippen LogP contribution in [0.25, 0.3) is 6.08 Å². The van der Waals surface area contributed by atoms with Crippen LogP contribution in [-0.2, 0) is 4.79 Å². The van der Waals surface area contributed by atoms with Gasteiger partial charge in [0.2, 0.25) is 6.79 Å². The van der Waals surface area contributed by atoms with E-state index in [9.17, 15) is 4.79 Å². The van der Waals surface area contributed by atoms with Gasteiger partial charge in [0.15, 0.2) is 16.7 Å². The molecule has 5 nitrogen and oxygen atoms in total. The molecule has 0 aliphatic carbocycles. The highest BCUT2D eigenvalue weighted by molar-refractivity contribution is 8.19. The van der Waals surface area contributed by atoms with Crippen LogP contribution in [0.4, 0.5) is 11.4 Å². The van der Waals surface area contributed by atoms with Crippen LogP contribution < -0.4 is 14.4 Å². The van der Waals surface area contributed by atoms with E-state index in [0.29, 0.717) is 32.2 Å². The second kappa shape index (κ2) is 8.85. The number of nitrogens with zero attached hydrogens (tertiary/aromatic N) is 2. The molecule has 7 heteroatoms. The highest BCUT2D eigenvalue weighted by atomic mass is 35.5. The molecule has 2 heterocycles. The van der Waals surface area contributed by atoms with Crippen LogP contribution in [0.1, 0.15) is 27.8 Å². The predicted octanol–water partition coefficient (Wildman–Crippen LogP) is 7.11. The van der Waals surface area contributed by atoms with Gasteiger partial charge in [-0.3, -0.25) is 9.69 Å². The quantitative estimate of drug-likeness (QED) is 0.367. The third-order valence-corrected chi connectivity index (χ3v) is 7.34. The van der Waals surface area contributed by atoms with Gasteiger partial charge in [0.25, 0.3) is 5.91 Å². The third-order valence-electron chi connectivity index (χ3n) is 6.05. The van der Waals surface area contributed by atoms with Crippen LogP contribution in [0.3, 0.4) is 0 Å². The molecule has 3 aromatic rings. The lowest BCUT2D eigenvalue weighted by atomic mass is 10.1. The topological polar surface area (TPSA) is 51.1 Å². The molecule has 0 spiro atoms. The zero-order valence-corrected chi connectivity index (χ0v) is 20.9. The number of amidine groups is 1. The molecular formula is C27H23ClN2O3S. The van der Waals surface area contributed by atoms with Crippen LogP contribution >= 0.6 is 23.4 Å². The van der Waals surface area contributed by atoms with E-state index >= 15 is 0 Å². The van der Waals surface area contributed by atoms with Crippen molar-refractivity contribution in [3.8, 4) is 11.5 Å². The molecule has 0 radical (unpaired) electrons. The van der Waals surface area contributed by atoms with E-state index in [1.165, 1.54) is 22.9 Å². The van der Waals surface area contributed by atoms with E-state index in [1.54, 1.807) is 23.1 Å². The van der Waals surface area contributed by atoms with Crippen molar-refractivity contribution >= 4 is 51.9 Å². The second-order valence-electron chi connectivity index (χ2n) is 8.41. The number of benzene rings is 3. The van der Waals surface area contributed by atoms with Gasteiger partial charge in [-0.15, -0.1) is 0 Å². The maximum atomic E-state index is 13.6. The van der Waals surface area contributed by atoms with Gasteiger partial charge in [-0.2, -0.15) is 0 Å². The summed E-state index contributed by atoms with van der Waals surface area (Å²) in [7, 11) is 0. The summed E-state index contributed by atoms with van der Waals surface area (Å²) in [5.74, 6) is 1.07. The number of hydrogen-bond acceptors (Lipinski definition) is 5. The van der Waals surface area contributed by atoms with Crippen LogP contribution in [0.15, 0.2) is 58.4 Å². The molecule has 0 bridgehead atoms. The number of ether oxygens (including phenoxy) is 2. The van der Waals surface area contributed by atoms with Crippen molar-refractivity contribution in [2.75, 3.05) is 11.7 Å². The van der Waals surface area contributed by atoms with Gasteiger partial charge in [0.1, 0.15) is 0 Å². The van der Waals surface area contributed by atoms with E-state index < -0.39 is 0 Å². The smallest absolute Gasteiger partial charge is 0.271 e. The Kier molecular flexibility index (Phi) is 5.88. The van der Waals surface area contributed by atoms with Gasteiger partial charge in [0, 0.05) is 6.07 Å². The second-order valence-corrected chi connectivity index (χ2v) is 9.83. The van der Waals surface area contributed by atoms with Gasteiger partial charge in [-0.25, -0.2) is 4.99 Å². The van der Waals surface area contributed by atoms with E-state index in [2.05, 4.69) is 20.8 Å². The zero-order chi connectivity index (χ0) is 24.0. The largest absolute Gasteiger partial charge is 0.454 e. The summed E-state index contributed by atoms with van der Waals surface area (Å²) >= 11 is 7.81. The summed E-state index contributed by atoms with van der Waals surface area (Å²) in [6.45, 7) is 8.37. The molecule has 0 atom stereocenters. The fourth-order valence-corrected chi connectivity index (χ4v) is 4.93. The van der Waals surface area contributed by atoms with Crippen LogP contribution in [0.5, 0.6) is 11.5 Å². The number of aliphatic imine (C=N–C) groups is 1. The van der Waals surface area contributed by atoms with Gasteiger partial charge in [-0.05, 0) is 104 Å². The Labute approximate surface area is 208 Å². The molecule has 1 fully saturated rings. The summed E-state index contributed by atoms with van der Waals surface area (Å²) in [6, 6.07) is 15.5. The fourth-order valence-electron chi connectivity index (χ4n) is 3.73. The molecule has 0 aromatic heterocycles. The molecule has 172 valence electrons. The van der Waals surface area contributed by atoms with Crippen molar-refractivity contribution in [3.63, 3.8) is 0 Å². The number of rotatable bonds is 3. The average molecular weight is 491 g/mol. The lowest BCUT2D eigenvalue weighted by Gasteiger charge is -2.17. The van der Waals surface area contributed by atoms with Crippen LogP contribution in [0, 0.1) is 27.7 Å². The van der Waals surface area contributed by atoms with Crippen LogP contribution in [-0.4, -0.2) is 17.9 Å². The van der Waals surface area contributed by atoms with E-state index in [-0.39, 0.29) is 12.7 Å². The Bertz CT molecular complexity index is 1400. The summed E-state index contributed by atoms with van der Waals surface area (Å²) in [5, 5.41) is 1.09. The van der Waals surface area contributed by atoms with E-state index in [0.717, 1.165) is 22.5 Å². The molecule has 0 saturated carbocycles. The highest BCUT2D eigenvalue weighted by Gasteiger charge is 2.35. The fraction of sp³-hybridized carbons (Fsp3) is 0.185. The number of amides is 1. The number of carbonyl (C=O) groups excluding carboxylic acids is 1. The number of carbonyl (C=O) groups is 1. The molecule has 0 N–H and O–H groups in total. The molecule has 1 amide bonds. The molecule has 2 aliphatic rings. The van der Waals surface area contributed by atoms with Crippen molar-refractivity contribution in [3.05, 3.63) is 86.3 Å². The standard InChI is InChI=1S/C27H23ClN2O3S/c1-15-5-7-20(9-17(15)3)29-27-30(21-8-6-16(2)18(4)10-21)26(31)25(34-27)12-19-11-23-24(13-22(19)28)33-14-32-23/h5-13H,14H2,1-4H3/b25-12-,29-27?. The minimum atomic E-state index is -0.149. The molecule has 1 saturated heterocycles. The zero-order valence-electron chi connectivity index (χ0n) is 19.3. The minimum Gasteiger partial charge on any atom is -0.454 e. The third kappa shape index (κ3) is 4.19. The monoisotopic (exact) mass is 490 g/mol. The van der Waals surface area contributed by atoms with Crippen molar-refractivity contribution < 1.29 is 14.3 Å². The molecule has 0 unspecified atom stereocenters. The first-order valence-corrected chi connectivity index (χ1v) is 12.1. The predicted molar refractivity (Wildman–Crippen MR) is 140 cm³/mol. The Morgan fingerprint density at radius 2 is 1.59 bits per heavy atom. The summed E-state index contributed by atoms with van der Waals surface area (Å²) in [6.07, 6.45) is 1.79. The number of anilines is 1. The molecule has 2 aliphatic heterocycles. The van der Waals surface area contributed by atoms with E-state index in [1.807, 2.05) is 43.3 Å². The first-order valence-electron chi connectivity index (χ1n) is 10.9. The first kappa shape index (κ1) is 22.6. The Hall–Kier alpha value is -3.22. The van der Waals surface area contributed by atoms with Crippen molar-refractivity contribution in [2.45, 2.75) is 27.7 Å². The number of thioether (sulfide) groups is 1. The molecule has 34 heavy (non-hydrogen) atoms. The van der Waals surface area contributed by atoms with Crippen LogP contribution in [0.2, 0.25) is 5.02 Å². The SMILES string of the molecule is Cc1ccc(N=C2S/C(=C\c3cc4c(cc3Cl)OCO4)C(=O)N2c2ccc(C)c(C)c2)cc1C. The van der Waals surface area contributed by atoms with Crippen molar-refractivity contribution in [1.29, 1.82) is 0 Å². The normalized spacial score (nSPS) is 17.3. The van der Waals surface area contributed by atoms with Crippen molar-refractivity contribution in [1.82, 2.24) is 0 Å². The number of fused-ring (bicyclic) bond motifs is 1. The minimum absolute atomic E-state index is 0.149. The Morgan fingerprint density at radius 1 is 0.912 bits per heavy atom. The average Bonchev–Trinajstić information content (AvgIpc) is 3.37. The summed E-state index contributed by atoms with van der Waals surface area (Å²) < 4.78 is 10.9. The van der Waals surface area contributed by atoms with E-state index in [4.69, 9.17) is 26.1 Å². The summed E-state index contributed by atoms with van der Waals surface area (Å²) in [4.78, 5) is 20.7. The maximum absolute atomic E-state index is 13.6. The van der Waals surface area contributed by atoms with Gasteiger partial charge >= 0.3 is 0 Å². The number of aryl methyl sites for hydroxylation is 4. The Morgan fingerprint density at radius 3 is 2.29 bits per heavy atom. The molecule has 5 rings (SSSR count). The molecular weight excluding hydrogens is 468 g/mol. The van der Waals surface area contributed by atoms with Gasteiger partial charge in [-0.1, -0.05) is 23.7 Å². The number of hydrogen-bond donors (Lipinski definition) is 0. The molecule has 3 aromatic carbocycles. The summed E-state index contributed by atoms with van der Waals surface area (Å²) in [5.41, 5.74) is 6.89. The van der Waals surface area contributed by atoms with Gasteiger partial charge < -0.3 is 9.47 Å². The van der Waals surface area contributed by atoms with Crippen molar-refractivity contribution in [2.24, 2.45) is 4.99 Å².